The highest BCUT2D eigenvalue weighted by Crippen LogP contribution is 2.22. The molecule has 1 aromatic carbocycles. The standard InChI is InChI=1S/C8H7ClO2S.C2H6/c1-12-5-2-3-7(9)6(4-5)8(10)11;1-2/h2-4H,1H3,(H,10,11);1-2H3. The maximum absolute atomic E-state index is 10.6. The summed E-state index contributed by atoms with van der Waals surface area (Å²) in [6.07, 6.45) is 1.88. The zero-order chi connectivity index (χ0) is 11.1. The molecule has 0 spiro atoms. The van der Waals surface area contributed by atoms with Crippen molar-refractivity contribution in [1.82, 2.24) is 0 Å². The summed E-state index contributed by atoms with van der Waals surface area (Å²) in [5.41, 5.74) is 0.156. The smallest absolute Gasteiger partial charge is 0.337 e. The van der Waals surface area contributed by atoms with Gasteiger partial charge in [0.15, 0.2) is 0 Å². The molecule has 0 saturated carbocycles. The number of carboxylic acids is 1. The molecule has 0 unspecified atom stereocenters. The lowest BCUT2D eigenvalue weighted by Crippen LogP contribution is -1.96. The van der Waals surface area contributed by atoms with Crippen LogP contribution in [-0.4, -0.2) is 17.3 Å². The van der Waals surface area contributed by atoms with E-state index in [-0.39, 0.29) is 10.6 Å². The summed E-state index contributed by atoms with van der Waals surface area (Å²) in [7, 11) is 0. The molecule has 2 nitrogen and oxygen atoms in total. The lowest BCUT2D eigenvalue weighted by Gasteiger charge is -2.00. The van der Waals surface area contributed by atoms with E-state index in [2.05, 4.69) is 0 Å². The predicted octanol–water partition coefficient (Wildman–Crippen LogP) is 3.79. The van der Waals surface area contributed by atoms with Crippen LogP contribution in [0.15, 0.2) is 23.1 Å². The Kier molecular flexibility index (Phi) is 6.41. The third-order valence-corrected chi connectivity index (χ3v) is 2.46. The first-order valence-corrected chi connectivity index (χ1v) is 5.82. The molecule has 0 atom stereocenters. The summed E-state index contributed by atoms with van der Waals surface area (Å²) in [5, 5.41) is 8.97. The van der Waals surface area contributed by atoms with E-state index < -0.39 is 5.97 Å². The van der Waals surface area contributed by atoms with Gasteiger partial charge in [-0.25, -0.2) is 4.79 Å². The van der Waals surface area contributed by atoms with Gasteiger partial charge in [-0.2, -0.15) is 0 Å². The summed E-state index contributed by atoms with van der Waals surface area (Å²) >= 11 is 7.15. The topological polar surface area (TPSA) is 37.3 Å². The Hall–Kier alpha value is -0.670. The van der Waals surface area contributed by atoms with Crippen LogP contribution in [0.1, 0.15) is 24.2 Å². The molecule has 0 saturated heterocycles. The van der Waals surface area contributed by atoms with Crippen molar-refractivity contribution in [2.75, 3.05) is 6.26 Å². The van der Waals surface area contributed by atoms with Gasteiger partial charge in [0.05, 0.1) is 10.6 Å². The quantitative estimate of drug-likeness (QED) is 0.789. The Balaban J connectivity index is 0.000000791. The van der Waals surface area contributed by atoms with E-state index >= 15 is 0 Å². The fraction of sp³-hybridized carbons (Fsp3) is 0.300. The van der Waals surface area contributed by atoms with E-state index in [0.717, 1.165) is 4.90 Å². The average molecular weight is 233 g/mol. The third-order valence-electron chi connectivity index (χ3n) is 1.40. The summed E-state index contributed by atoms with van der Waals surface area (Å²) in [5.74, 6) is -0.990. The second kappa shape index (κ2) is 6.74. The van der Waals surface area contributed by atoms with Crippen molar-refractivity contribution in [3.63, 3.8) is 0 Å². The number of aromatic carboxylic acids is 1. The first-order valence-electron chi connectivity index (χ1n) is 4.22. The Morgan fingerprint density at radius 2 is 2.00 bits per heavy atom. The fourth-order valence-electron chi connectivity index (χ4n) is 0.795. The summed E-state index contributed by atoms with van der Waals surface area (Å²) in [4.78, 5) is 11.5. The van der Waals surface area contributed by atoms with Crippen LogP contribution in [0, 0.1) is 0 Å². The largest absolute Gasteiger partial charge is 0.478 e. The number of halogens is 1. The number of carboxylic acid groups (broad SMARTS) is 1. The predicted molar refractivity (Wildman–Crippen MR) is 61.5 cm³/mol. The van der Waals surface area contributed by atoms with E-state index in [9.17, 15) is 4.79 Å². The van der Waals surface area contributed by atoms with Gasteiger partial charge in [0, 0.05) is 4.90 Å². The average Bonchev–Trinajstić information content (AvgIpc) is 2.21. The fourth-order valence-corrected chi connectivity index (χ4v) is 1.43. The van der Waals surface area contributed by atoms with Crippen LogP contribution in [0.3, 0.4) is 0 Å². The molecule has 0 amide bonds. The molecular weight excluding hydrogens is 220 g/mol. The van der Waals surface area contributed by atoms with Crippen LogP contribution >= 0.6 is 23.4 Å². The third kappa shape index (κ3) is 3.60. The van der Waals surface area contributed by atoms with Gasteiger partial charge in [0.2, 0.25) is 0 Å². The van der Waals surface area contributed by atoms with Gasteiger partial charge in [0.1, 0.15) is 0 Å². The molecular formula is C10H13ClO2S. The molecule has 0 aliphatic carbocycles. The minimum atomic E-state index is -0.990. The van der Waals surface area contributed by atoms with Gasteiger partial charge < -0.3 is 5.11 Å². The van der Waals surface area contributed by atoms with E-state index in [1.54, 1.807) is 18.2 Å². The van der Waals surface area contributed by atoms with Crippen molar-refractivity contribution in [2.24, 2.45) is 0 Å². The van der Waals surface area contributed by atoms with Gasteiger partial charge in [-0.15, -0.1) is 11.8 Å². The molecule has 1 N–H and O–H groups in total. The Morgan fingerprint density at radius 1 is 1.43 bits per heavy atom. The lowest BCUT2D eigenvalue weighted by molar-refractivity contribution is 0.0697. The number of benzene rings is 1. The Labute approximate surface area is 93.3 Å². The molecule has 14 heavy (non-hydrogen) atoms. The summed E-state index contributed by atoms with van der Waals surface area (Å²) < 4.78 is 0. The molecule has 0 heterocycles. The van der Waals surface area contributed by atoms with Crippen molar-refractivity contribution in [2.45, 2.75) is 18.7 Å². The highest BCUT2D eigenvalue weighted by molar-refractivity contribution is 7.98. The van der Waals surface area contributed by atoms with Crippen LogP contribution in [0.2, 0.25) is 5.02 Å². The minimum absolute atomic E-state index is 0.156. The highest BCUT2D eigenvalue weighted by atomic mass is 35.5. The van der Waals surface area contributed by atoms with Gasteiger partial charge in [-0.1, -0.05) is 25.4 Å². The molecule has 0 bridgehead atoms. The van der Waals surface area contributed by atoms with Crippen LogP contribution in [0.4, 0.5) is 0 Å². The number of carbonyl (C=O) groups is 1. The van der Waals surface area contributed by atoms with E-state index in [0.29, 0.717) is 0 Å². The van der Waals surface area contributed by atoms with Crippen LogP contribution in [0.25, 0.3) is 0 Å². The molecule has 0 radical (unpaired) electrons. The summed E-state index contributed by atoms with van der Waals surface area (Å²) in [6.45, 7) is 4.00. The lowest BCUT2D eigenvalue weighted by atomic mass is 10.2. The number of hydrogen-bond donors (Lipinski definition) is 1. The molecule has 0 aliphatic heterocycles. The van der Waals surface area contributed by atoms with Crippen LogP contribution < -0.4 is 0 Å². The number of rotatable bonds is 2. The van der Waals surface area contributed by atoms with E-state index in [4.69, 9.17) is 16.7 Å². The van der Waals surface area contributed by atoms with Crippen molar-refractivity contribution < 1.29 is 9.90 Å². The van der Waals surface area contributed by atoms with Crippen molar-refractivity contribution in [3.05, 3.63) is 28.8 Å². The maximum Gasteiger partial charge on any atom is 0.337 e. The van der Waals surface area contributed by atoms with E-state index in [1.165, 1.54) is 11.8 Å². The molecule has 0 aliphatic rings. The summed E-state index contributed by atoms with van der Waals surface area (Å²) in [6, 6.07) is 4.95. The maximum atomic E-state index is 10.6. The van der Waals surface area contributed by atoms with Crippen molar-refractivity contribution >= 4 is 29.3 Å². The van der Waals surface area contributed by atoms with Gasteiger partial charge in [-0.3, -0.25) is 0 Å². The first-order chi connectivity index (χ1) is 6.65. The monoisotopic (exact) mass is 232 g/mol. The second-order valence-corrected chi connectivity index (χ2v) is 3.44. The van der Waals surface area contributed by atoms with Crippen LogP contribution in [0.5, 0.6) is 0 Å². The van der Waals surface area contributed by atoms with Crippen molar-refractivity contribution in [3.8, 4) is 0 Å². The van der Waals surface area contributed by atoms with Gasteiger partial charge in [0.25, 0.3) is 0 Å². The zero-order valence-corrected chi connectivity index (χ0v) is 9.95. The number of thioether (sulfide) groups is 1. The molecule has 78 valence electrons. The number of hydrogen-bond acceptors (Lipinski definition) is 2. The van der Waals surface area contributed by atoms with Gasteiger partial charge in [-0.05, 0) is 24.5 Å². The van der Waals surface area contributed by atoms with Crippen LogP contribution in [-0.2, 0) is 0 Å². The highest BCUT2D eigenvalue weighted by Gasteiger charge is 2.08. The first kappa shape index (κ1) is 13.3. The SMILES string of the molecule is CC.CSc1ccc(Cl)c(C(=O)O)c1. The zero-order valence-electron chi connectivity index (χ0n) is 8.37. The van der Waals surface area contributed by atoms with E-state index in [1.807, 2.05) is 20.1 Å². The molecule has 1 aromatic rings. The van der Waals surface area contributed by atoms with Crippen molar-refractivity contribution in [1.29, 1.82) is 0 Å². The minimum Gasteiger partial charge on any atom is -0.478 e. The normalized spacial score (nSPS) is 8.86. The Bertz CT molecular complexity index is 313. The van der Waals surface area contributed by atoms with Gasteiger partial charge >= 0.3 is 5.97 Å². The second-order valence-electron chi connectivity index (χ2n) is 2.15. The molecule has 1 rings (SSSR count). The Morgan fingerprint density at radius 3 is 2.43 bits per heavy atom. The molecule has 0 aromatic heterocycles. The molecule has 0 fully saturated rings. The molecule has 4 heteroatoms.